The summed E-state index contributed by atoms with van der Waals surface area (Å²) in [4.78, 5) is 30.9. The van der Waals surface area contributed by atoms with Gasteiger partial charge in [-0.2, -0.15) is 4.98 Å². The average Bonchev–Trinajstić information content (AvgIpc) is 3.42. The highest BCUT2D eigenvalue weighted by Gasteiger charge is 2.17. The van der Waals surface area contributed by atoms with Crippen molar-refractivity contribution in [2.24, 2.45) is 0 Å². The molecule has 3 aromatic heterocycles. The van der Waals surface area contributed by atoms with Gasteiger partial charge in [-0.1, -0.05) is 23.8 Å². The van der Waals surface area contributed by atoms with Crippen LogP contribution in [0.1, 0.15) is 22.4 Å². The first-order chi connectivity index (χ1) is 14.4. The van der Waals surface area contributed by atoms with Crippen molar-refractivity contribution in [3.8, 4) is 10.7 Å². The van der Waals surface area contributed by atoms with Crippen LogP contribution in [-0.2, 0) is 16.0 Å². The molecule has 0 aliphatic carbocycles. The number of nitrogens with zero attached hydrogens (tertiary/aromatic N) is 3. The van der Waals surface area contributed by atoms with E-state index >= 15 is 0 Å². The van der Waals surface area contributed by atoms with Crippen molar-refractivity contribution in [3.63, 3.8) is 0 Å². The Balaban J connectivity index is 1.36. The summed E-state index contributed by atoms with van der Waals surface area (Å²) >= 11 is 3.10. The maximum Gasteiger partial charge on any atom is 0.313 e. The van der Waals surface area contributed by atoms with Crippen molar-refractivity contribution in [2.75, 3.05) is 11.9 Å². The minimum Gasteiger partial charge on any atom is -0.347 e. The summed E-state index contributed by atoms with van der Waals surface area (Å²) < 4.78 is 1.80. The number of aromatic nitrogens is 3. The number of hydrogen-bond donors (Lipinski definition) is 2. The lowest BCUT2D eigenvalue weighted by Crippen LogP contribution is -2.36. The van der Waals surface area contributed by atoms with Gasteiger partial charge in [0.25, 0.3) is 0 Å². The predicted octanol–water partition coefficient (Wildman–Crippen LogP) is 3.74. The summed E-state index contributed by atoms with van der Waals surface area (Å²) in [5.74, 6) is -0.620. The third-order valence-electron chi connectivity index (χ3n) is 4.68. The van der Waals surface area contributed by atoms with E-state index in [0.717, 1.165) is 32.2 Å². The molecule has 7 nitrogen and oxygen atoms in total. The van der Waals surface area contributed by atoms with Gasteiger partial charge in [-0.15, -0.1) is 27.8 Å². The second-order valence-electron chi connectivity index (χ2n) is 7.07. The molecule has 0 radical (unpaired) electrons. The number of anilines is 1. The molecule has 2 N–H and O–H groups in total. The molecular weight excluding hydrogens is 418 g/mol. The fraction of sp³-hybridized carbons (Fsp3) is 0.238. The Hall–Kier alpha value is -3.04. The normalized spacial score (nSPS) is 11.0. The van der Waals surface area contributed by atoms with E-state index < -0.39 is 11.8 Å². The van der Waals surface area contributed by atoms with Gasteiger partial charge in [0.1, 0.15) is 0 Å². The van der Waals surface area contributed by atoms with Crippen molar-refractivity contribution in [1.29, 1.82) is 0 Å². The van der Waals surface area contributed by atoms with E-state index in [2.05, 4.69) is 20.7 Å². The lowest BCUT2D eigenvalue weighted by atomic mass is 10.1. The molecule has 154 valence electrons. The number of amides is 2. The Morgan fingerprint density at radius 3 is 2.57 bits per heavy atom. The molecule has 0 spiro atoms. The lowest BCUT2D eigenvalue weighted by molar-refractivity contribution is -0.136. The molecule has 1 aromatic carbocycles. The Kier molecular flexibility index (Phi) is 5.65. The van der Waals surface area contributed by atoms with E-state index in [1.807, 2.05) is 55.8 Å². The van der Waals surface area contributed by atoms with Crippen LogP contribution in [0.15, 0.2) is 35.0 Å². The van der Waals surface area contributed by atoms with Gasteiger partial charge in [0.15, 0.2) is 5.82 Å². The minimum absolute atomic E-state index is 0.331. The Bertz CT molecular complexity index is 1200. The lowest BCUT2D eigenvalue weighted by Gasteiger charge is -2.12. The van der Waals surface area contributed by atoms with Gasteiger partial charge < -0.3 is 10.6 Å². The zero-order valence-electron chi connectivity index (χ0n) is 16.9. The molecule has 3 heterocycles. The monoisotopic (exact) mass is 439 g/mol. The smallest absolute Gasteiger partial charge is 0.313 e. The first kappa shape index (κ1) is 20.2. The molecule has 30 heavy (non-hydrogen) atoms. The van der Waals surface area contributed by atoms with Crippen LogP contribution in [-0.4, -0.2) is 33.0 Å². The minimum atomic E-state index is -0.666. The largest absolute Gasteiger partial charge is 0.347 e. The molecule has 0 saturated carbocycles. The third-order valence-corrected chi connectivity index (χ3v) is 6.41. The summed E-state index contributed by atoms with van der Waals surface area (Å²) in [5, 5.41) is 13.9. The zero-order chi connectivity index (χ0) is 21.3. The molecular formula is C21H21N5O2S2. The number of fused-ring (bicyclic) bond motifs is 1. The highest BCUT2D eigenvalue weighted by molar-refractivity contribution is 7.15. The maximum absolute atomic E-state index is 12.3. The van der Waals surface area contributed by atoms with E-state index in [4.69, 9.17) is 0 Å². The van der Waals surface area contributed by atoms with E-state index in [0.29, 0.717) is 24.5 Å². The van der Waals surface area contributed by atoms with Crippen LogP contribution in [0.2, 0.25) is 0 Å². The molecule has 0 unspecified atom stereocenters. The molecule has 0 bridgehead atoms. The van der Waals surface area contributed by atoms with Crippen molar-refractivity contribution < 1.29 is 9.59 Å². The number of benzene rings is 1. The number of thiophene rings is 1. The van der Waals surface area contributed by atoms with E-state index in [1.165, 1.54) is 11.3 Å². The standard InChI is InChI=1S/C21H21N5O2S2/c1-12-9-13(2)17(14(3)10-12)23-20(28)19(27)22-7-6-15-11-30-21-24-18(25-26(15)21)16-5-4-8-29-16/h4-5,8-11H,6-7H2,1-3H3,(H,22,27)(H,23,28). The SMILES string of the molecule is Cc1cc(C)c(NC(=O)C(=O)NCCc2csc3nc(-c4cccs4)nn23)c(C)c1. The first-order valence-corrected chi connectivity index (χ1v) is 11.2. The van der Waals surface area contributed by atoms with Crippen LogP contribution in [0, 0.1) is 20.8 Å². The molecule has 0 saturated heterocycles. The molecule has 0 aliphatic heterocycles. The second-order valence-corrected chi connectivity index (χ2v) is 8.85. The highest BCUT2D eigenvalue weighted by Crippen LogP contribution is 2.24. The van der Waals surface area contributed by atoms with Crippen molar-refractivity contribution in [2.45, 2.75) is 27.2 Å². The molecule has 9 heteroatoms. The third kappa shape index (κ3) is 4.12. The first-order valence-electron chi connectivity index (χ1n) is 9.46. The van der Waals surface area contributed by atoms with Gasteiger partial charge in [-0.25, -0.2) is 4.52 Å². The fourth-order valence-corrected chi connectivity index (χ4v) is 4.85. The van der Waals surface area contributed by atoms with Crippen LogP contribution in [0.5, 0.6) is 0 Å². The van der Waals surface area contributed by atoms with Gasteiger partial charge >= 0.3 is 11.8 Å². The molecule has 4 aromatic rings. The van der Waals surface area contributed by atoms with Crippen molar-refractivity contribution in [3.05, 3.63) is 57.4 Å². The number of carbonyl (C=O) groups excluding carboxylic acids is 2. The number of thiazole rings is 1. The molecule has 2 amide bonds. The summed E-state index contributed by atoms with van der Waals surface area (Å²) in [6, 6.07) is 7.91. The topological polar surface area (TPSA) is 88.4 Å². The fourth-order valence-electron chi connectivity index (χ4n) is 3.34. The van der Waals surface area contributed by atoms with Gasteiger partial charge in [-0.3, -0.25) is 9.59 Å². The van der Waals surface area contributed by atoms with Gasteiger partial charge in [0.05, 0.1) is 10.6 Å². The number of rotatable bonds is 5. The average molecular weight is 440 g/mol. The van der Waals surface area contributed by atoms with Crippen LogP contribution in [0.25, 0.3) is 15.7 Å². The van der Waals surface area contributed by atoms with Crippen LogP contribution < -0.4 is 10.6 Å². The van der Waals surface area contributed by atoms with E-state index in [-0.39, 0.29) is 0 Å². The number of hydrogen-bond acceptors (Lipinski definition) is 6. The molecule has 0 fully saturated rings. The number of nitrogens with one attached hydrogen (secondary N) is 2. The van der Waals surface area contributed by atoms with Crippen LogP contribution >= 0.6 is 22.7 Å². The Morgan fingerprint density at radius 2 is 1.87 bits per heavy atom. The Labute approximate surface area is 181 Å². The summed E-state index contributed by atoms with van der Waals surface area (Å²) in [6.45, 7) is 6.16. The van der Waals surface area contributed by atoms with Gasteiger partial charge in [0.2, 0.25) is 4.96 Å². The zero-order valence-corrected chi connectivity index (χ0v) is 18.5. The molecule has 4 rings (SSSR count). The predicted molar refractivity (Wildman–Crippen MR) is 120 cm³/mol. The summed E-state index contributed by atoms with van der Waals surface area (Å²) in [7, 11) is 0. The van der Waals surface area contributed by atoms with Crippen LogP contribution in [0.4, 0.5) is 5.69 Å². The summed E-state index contributed by atoms with van der Waals surface area (Å²) in [6.07, 6.45) is 0.550. The maximum atomic E-state index is 12.3. The second kappa shape index (κ2) is 8.37. The van der Waals surface area contributed by atoms with E-state index in [1.54, 1.807) is 15.9 Å². The molecule has 0 aliphatic rings. The van der Waals surface area contributed by atoms with Crippen LogP contribution in [0.3, 0.4) is 0 Å². The van der Waals surface area contributed by atoms with Crippen molar-refractivity contribution in [1.82, 2.24) is 19.9 Å². The van der Waals surface area contributed by atoms with Crippen molar-refractivity contribution >= 4 is 45.1 Å². The van der Waals surface area contributed by atoms with Gasteiger partial charge in [0, 0.05) is 24.0 Å². The number of carbonyl (C=O) groups is 2. The van der Waals surface area contributed by atoms with Gasteiger partial charge in [-0.05, 0) is 43.3 Å². The number of aryl methyl sites for hydroxylation is 3. The quantitative estimate of drug-likeness (QED) is 0.464. The Morgan fingerprint density at radius 1 is 1.10 bits per heavy atom. The molecule has 0 atom stereocenters. The highest BCUT2D eigenvalue weighted by atomic mass is 32.1. The summed E-state index contributed by atoms with van der Waals surface area (Å²) in [5.41, 5.74) is 4.61. The van der Waals surface area contributed by atoms with E-state index in [9.17, 15) is 9.59 Å².